The number of fused-ring (bicyclic) bond motifs is 2. The van der Waals surface area contributed by atoms with Gasteiger partial charge in [0.05, 0.1) is 23.2 Å². The van der Waals surface area contributed by atoms with Gasteiger partial charge in [-0.15, -0.1) is 0 Å². The van der Waals surface area contributed by atoms with Crippen LogP contribution in [-0.2, 0) is 14.8 Å². The van der Waals surface area contributed by atoms with Crippen LogP contribution in [0.3, 0.4) is 0 Å². The molecule has 0 spiro atoms. The zero-order valence-electron chi connectivity index (χ0n) is 8.18. The molecule has 2 bridgehead atoms. The summed E-state index contributed by atoms with van der Waals surface area (Å²) in [6.45, 7) is 0. The van der Waals surface area contributed by atoms with Gasteiger partial charge in [0.1, 0.15) is 5.75 Å². The largest absolute Gasteiger partial charge is 0.392 e. The molecule has 86 valence electrons. The molecular weight excluding hydrogens is 236 g/mol. The van der Waals surface area contributed by atoms with Crippen molar-refractivity contribution in [2.75, 3.05) is 5.75 Å². The highest BCUT2D eigenvalue weighted by molar-refractivity contribution is 7.92. The summed E-state index contributed by atoms with van der Waals surface area (Å²) >= 11 is 4.58. The third-order valence-corrected chi connectivity index (χ3v) is 4.45. The van der Waals surface area contributed by atoms with Crippen molar-refractivity contribution in [1.82, 2.24) is 4.72 Å². The molecule has 2 rings (SSSR count). The van der Waals surface area contributed by atoms with Gasteiger partial charge in [-0.25, -0.2) is 13.1 Å². The summed E-state index contributed by atoms with van der Waals surface area (Å²) in [6.07, 6.45) is 3.01. The minimum absolute atomic E-state index is 0.00780. The Hall–Kier alpha value is -0.240. The first-order valence-corrected chi connectivity index (χ1v) is 6.96. The first-order valence-electron chi connectivity index (χ1n) is 4.90. The second kappa shape index (κ2) is 3.97. The SMILES string of the molecule is NC(=S)CS(=O)(=O)NC1CC2CCC1O2. The summed E-state index contributed by atoms with van der Waals surface area (Å²) in [6, 6.07) is -0.0944. The molecular formula is C8H14N2O3S2. The quantitative estimate of drug-likeness (QED) is 0.658. The van der Waals surface area contributed by atoms with E-state index in [1.807, 2.05) is 0 Å². The number of ether oxygens (including phenoxy) is 1. The third kappa shape index (κ3) is 2.66. The van der Waals surface area contributed by atoms with Crippen LogP contribution in [0, 0.1) is 0 Å². The Morgan fingerprint density at radius 2 is 2.27 bits per heavy atom. The van der Waals surface area contributed by atoms with Crippen LogP contribution in [0.1, 0.15) is 19.3 Å². The third-order valence-electron chi connectivity index (χ3n) is 2.77. The zero-order chi connectivity index (χ0) is 11.1. The number of hydrogen-bond acceptors (Lipinski definition) is 4. The lowest BCUT2D eigenvalue weighted by Gasteiger charge is -2.19. The maximum atomic E-state index is 11.5. The second-order valence-corrected chi connectivity index (χ2v) is 6.34. The number of nitrogens with one attached hydrogen (secondary N) is 1. The van der Waals surface area contributed by atoms with E-state index in [9.17, 15) is 8.42 Å². The molecule has 3 N–H and O–H groups in total. The molecule has 15 heavy (non-hydrogen) atoms. The summed E-state index contributed by atoms with van der Waals surface area (Å²) < 4.78 is 31.2. The number of sulfonamides is 1. The Bertz CT molecular complexity index is 368. The maximum Gasteiger partial charge on any atom is 0.218 e. The molecule has 2 aliphatic rings. The van der Waals surface area contributed by atoms with E-state index >= 15 is 0 Å². The topological polar surface area (TPSA) is 81.4 Å². The van der Waals surface area contributed by atoms with Crippen LogP contribution in [-0.4, -0.2) is 37.4 Å². The van der Waals surface area contributed by atoms with Crippen molar-refractivity contribution in [3.8, 4) is 0 Å². The monoisotopic (exact) mass is 250 g/mol. The Labute approximate surface area is 94.4 Å². The Morgan fingerprint density at radius 3 is 2.73 bits per heavy atom. The fourth-order valence-electron chi connectivity index (χ4n) is 2.22. The summed E-state index contributed by atoms with van der Waals surface area (Å²) in [5.41, 5.74) is 5.21. The van der Waals surface area contributed by atoms with Crippen molar-refractivity contribution in [1.29, 1.82) is 0 Å². The molecule has 0 aromatic carbocycles. The molecule has 0 amide bonds. The molecule has 0 aromatic rings. The van der Waals surface area contributed by atoms with Crippen molar-refractivity contribution >= 4 is 27.2 Å². The van der Waals surface area contributed by atoms with Crippen LogP contribution in [0.4, 0.5) is 0 Å². The molecule has 7 heteroatoms. The van der Waals surface area contributed by atoms with E-state index in [4.69, 9.17) is 10.5 Å². The minimum atomic E-state index is -3.38. The molecule has 3 atom stereocenters. The van der Waals surface area contributed by atoms with Gasteiger partial charge < -0.3 is 10.5 Å². The van der Waals surface area contributed by atoms with Crippen LogP contribution >= 0.6 is 12.2 Å². The van der Waals surface area contributed by atoms with Crippen molar-refractivity contribution in [2.24, 2.45) is 5.73 Å². The molecule has 2 saturated heterocycles. The molecule has 0 saturated carbocycles. The molecule has 0 aromatic heterocycles. The first-order chi connectivity index (χ1) is 6.96. The zero-order valence-corrected chi connectivity index (χ0v) is 9.81. The van der Waals surface area contributed by atoms with E-state index in [2.05, 4.69) is 16.9 Å². The lowest BCUT2D eigenvalue weighted by atomic mass is 9.96. The van der Waals surface area contributed by atoms with Gasteiger partial charge in [-0.3, -0.25) is 0 Å². The number of thiocarbonyl (C=S) groups is 1. The average molecular weight is 250 g/mol. The highest BCUT2D eigenvalue weighted by Crippen LogP contribution is 2.34. The van der Waals surface area contributed by atoms with E-state index in [1.54, 1.807) is 0 Å². The molecule has 2 fully saturated rings. The predicted molar refractivity (Wildman–Crippen MR) is 60.0 cm³/mol. The highest BCUT2D eigenvalue weighted by atomic mass is 32.2. The van der Waals surface area contributed by atoms with Crippen LogP contribution in [0.2, 0.25) is 0 Å². The summed E-state index contributed by atoms with van der Waals surface area (Å²) in [4.78, 5) is -0.00780. The van der Waals surface area contributed by atoms with Crippen molar-refractivity contribution in [2.45, 2.75) is 37.5 Å². The van der Waals surface area contributed by atoms with Gasteiger partial charge in [0.25, 0.3) is 0 Å². The number of rotatable bonds is 4. The lowest BCUT2D eigenvalue weighted by molar-refractivity contribution is 0.0996. The van der Waals surface area contributed by atoms with Gasteiger partial charge in [-0.2, -0.15) is 0 Å². The van der Waals surface area contributed by atoms with Gasteiger partial charge in [-0.1, -0.05) is 12.2 Å². The maximum absolute atomic E-state index is 11.5. The van der Waals surface area contributed by atoms with E-state index in [-0.39, 0.29) is 29.0 Å². The standard InChI is InChI=1S/C8H14N2O3S2/c9-8(14)4-15(11,12)10-6-3-5-1-2-7(6)13-5/h5-7,10H,1-4H2,(H2,9,14). The summed E-state index contributed by atoms with van der Waals surface area (Å²) in [5.74, 6) is -0.282. The van der Waals surface area contributed by atoms with Gasteiger partial charge in [0.15, 0.2) is 0 Å². The van der Waals surface area contributed by atoms with E-state index in [1.165, 1.54) is 0 Å². The molecule has 0 radical (unpaired) electrons. The number of nitrogens with two attached hydrogens (primary N) is 1. The second-order valence-electron chi connectivity index (χ2n) is 4.06. The highest BCUT2D eigenvalue weighted by Gasteiger charge is 2.42. The van der Waals surface area contributed by atoms with Gasteiger partial charge in [0.2, 0.25) is 10.0 Å². The minimum Gasteiger partial charge on any atom is -0.392 e. The Kier molecular flexibility index (Phi) is 2.98. The normalized spacial score (nSPS) is 34.5. The van der Waals surface area contributed by atoms with Gasteiger partial charge in [-0.05, 0) is 19.3 Å². The molecule has 0 aliphatic carbocycles. The van der Waals surface area contributed by atoms with Crippen molar-refractivity contribution < 1.29 is 13.2 Å². The predicted octanol–water partition coefficient (Wildman–Crippen LogP) is -0.488. The lowest BCUT2D eigenvalue weighted by Crippen LogP contribution is -2.44. The van der Waals surface area contributed by atoms with E-state index in [0.29, 0.717) is 0 Å². The summed E-state index contributed by atoms with van der Waals surface area (Å²) in [5, 5.41) is 0. The molecule has 3 unspecified atom stereocenters. The summed E-state index contributed by atoms with van der Waals surface area (Å²) in [7, 11) is -3.38. The Morgan fingerprint density at radius 1 is 1.53 bits per heavy atom. The first kappa shape index (κ1) is 11.3. The van der Waals surface area contributed by atoms with Crippen LogP contribution in [0.5, 0.6) is 0 Å². The van der Waals surface area contributed by atoms with E-state index < -0.39 is 10.0 Å². The van der Waals surface area contributed by atoms with Crippen LogP contribution in [0.25, 0.3) is 0 Å². The fourth-order valence-corrected chi connectivity index (χ4v) is 3.85. The van der Waals surface area contributed by atoms with Crippen LogP contribution < -0.4 is 10.5 Å². The molecule has 5 nitrogen and oxygen atoms in total. The van der Waals surface area contributed by atoms with E-state index in [0.717, 1.165) is 19.3 Å². The fraction of sp³-hybridized carbons (Fsp3) is 0.875. The number of hydrogen-bond donors (Lipinski definition) is 2. The van der Waals surface area contributed by atoms with Gasteiger partial charge >= 0.3 is 0 Å². The Balaban J connectivity index is 1.95. The molecule has 2 heterocycles. The van der Waals surface area contributed by atoms with Crippen molar-refractivity contribution in [3.63, 3.8) is 0 Å². The average Bonchev–Trinajstić information content (AvgIpc) is 2.60. The van der Waals surface area contributed by atoms with Crippen molar-refractivity contribution in [3.05, 3.63) is 0 Å². The smallest absolute Gasteiger partial charge is 0.218 e. The van der Waals surface area contributed by atoms with Gasteiger partial charge in [0, 0.05) is 0 Å². The molecule has 2 aliphatic heterocycles. The van der Waals surface area contributed by atoms with Crippen LogP contribution in [0.15, 0.2) is 0 Å².